The third-order valence-electron chi connectivity index (χ3n) is 4.02. The smallest absolute Gasteiger partial charge is 0.274 e. The first-order chi connectivity index (χ1) is 11.1. The van der Waals surface area contributed by atoms with E-state index in [1.165, 1.54) is 18.7 Å². The Kier molecular flexibility index (Phi) is 4.56. The van der Waals surface area contributed by atoms with Gasteiger partial charge in [-0.1, -0.05) is 17.8 Å². The Morgan fingerprint density at radius 3 is 2.96 bits per heavy atom. The van der Waals surface area contributed by atoms with E-state index in [-0.39, 0.29) is 17.9 Å². The Morgan fingerprint density at radius 1 is 1.39 bits per heavy atom. The van der Waals surface area contributed by atoms with E-state index in [1.54, 1.807) is 4.90 Å². The lowest BCUT2D eigenvalue weighted by molar-refractivity contribution is -0.120. The molecule has 0 aliphatic carbocycles. The number of nitrogens with zero attached hydrogens (tertiary/aromatic N) is 3. The maximum absolute atomic E-state index is 12.9. The average molecular weight is 332 g/mol. The number of carbonyl (C=O) groups is 2. The van der Waals surface area contributed by atoms with Crippen LogP contribution in [0.15, 0.2) is 29.6 Å². The van der Waals surface area contributed by atoms with Crippen LogP contribution in [-0.4, -0.2) is 51.5 Å². The zero-order chi connectivity index (χ0) is 16.4. The first-order valence-electron chi connectivity index (χ1n) is 7.67. The molecule has 1 aliphatic rings. The van der Waals surface area contributed by atoms with Gasteiger partial charge < -0.3 is 10.2 Å². The third-order valence-corrected chi connectivity index (χ3v) is 4.67. The number of thioether (sulfide) groups is 1. The number of piperidine rings is 1. The molecule has 1 unspecified atom stereocenters. The first-order valence-corrected chi connectivity index (χ1v) is 8.90. The van der Waals surface area contributed by atoms with Crippen LogP contribution >= 0.6 is 11.8 Å². The first kappa shape index (κ1) is 15.9. The third kappa shape index (κ3) is 3.19. The number of rotatable bonds is 3. The van der Waals surface area contributed by atoms with Gasteiger partial charge in [-0.3, -0.25) is 14.0 Å². The normalized spacial score (nSPS) is 18.2. The van der Waals surface area contributed by atoms with Crippen molar-refractivity contribution in [3.63, 3.8) is 0 Å². The van der Waals surface area contributed by atoms with Gasteiger partial charge in [0.05, 0.1) is 5.52 Å². The summed E-state index contributed by atoms with van der Waals surface area (Å²) in [5.74, 6) is -0.120. The van der Waals surface area contributed by atoms with Gasteiger partial charge >= 0.3 is 0 Å². The molecular weight excluding hydrogens is 312 g/mol. The van der Waals surface area contributed by atoms with Gasteiger partial charge in [0.2, 0.25) is 5.91 Å². The molecule has 1 N–H and O–H groups in total. The number of likely N-dealkylation sites (tertiary alicyclic amines) is 1. The lowest BCUT2D eigenvalue weighted by Gasteiger charge is -2.32. The molecule has 1 atom stereocenters. The maximum Gasteiger partial charge on any atom is 0.274 e. The highest BCUT2D eigenvalue weighted by Gasteiger charge is 2.28. The van der Waals surface area contributed by atoms with Crippen LogP contribution < -0.4 is 5.32 Å². The zero-order valence-electron chi connectivity index (χ0n) is 13.3. The van der Waals surface area contributed by atoms with Crippen LogP contribution in [0.5, 0.6) is 0 Å². The van der Waals surface area contributed by atoms with Crippen LogP contribution in [0.25, 0.3) is 5.52 Å². The number of hydrogen-bond donors (Lipinski definition) is 1. The van der Waals surface area contributed by atoms with Gasteiger partial charge in [0.15, 0.2) is 10.9 Å². The summed E-state index contributed by atoms with van der Waals surface area (Å²) < 4.78 is 1.94. The highest BCUT2D eigenvalue weighted by Crippen LogP contribution is 2.22. The molecule has 2 amide bonds. The molecule has 0 saturated carbocycles. The van der Waals surface area contributed by atoms with Crippen molar-refractivity contribution in [2.24, 2.45) is 0 Å². The summed E-state index contributed by atoms with van der Waals surface area (Å²) >= 11 is 1.52. The summed E-state index contributed by atoms with van der Waals surface area (Å²) in [5.41, 5.74) is 1.31. The molecule has 2 aromatic rings. The molecule has 7 heteroatoms. The van der Waals surface area contributed by atoms with Crippen LogP contribution in [0.3, 0.4) is 0 Å². The van der Waals surface area contributed by atoms with E-state index in [0.29, 0.717) is 18.8 Å². The fourth-order valence-electron chi connectivity index (χ4n) is 3.03. The minimum atomic E-state index is -0.0657. The predicted molar refractivity (Wildman–Crippen MR) is 89.7 cm³/mol. The minimum Gasteiger partial charge on any atom is -0.352 e. The van der Waals surface area contributed by atoms with E-state index >= 15 is 0 Å². The second-order valence-corrected chi connectivity index (χ2v) is 6.47. The fourth-order valence-corrected chi connectivity index (χ4v) is 3.57. The monoisotopic (exact) mass is 332 g/mol. The van der Waals surface area contributed by atoms with Crippen LogP contribution in [-0.2, 0) is 4.79 Å². The summed E-state index contributed by atoms with van der Waals surface area (Å²) in [7, 11) is 0. The van der Waals surface area contributed by atoms with Gasteiger partial charge in [-0.05, 0) is 31.2 Å². The summed E-state index contributed by atoms with van der Waals surface area (Å²) in [5, 5.41) is 3.71. The van der Waals surface area contributed by atoms with Crippen molar-refractivity contribution >= 4 is 29.1 Å². The average Bonchev–Trinajstić information content (AvgIpc) is 2.92. The number of imidazole rings is 1. The number of amides is 2. The second-order valence-electron chi connectivity index (χ2n) is 5.69. The van der Waals surface area contributed by atoms with Gasteiger partial charge in [0, 0.05) is 32.3 Å². The Labute approximate surface area is 139 Å². The minimum absolute atomic E-state index is 0.0269. The quantitative estimate of drug-likeness (QED) is 0.871. The number of hydrogen-bond acceptors (Lipinski definition) is 4. The van der Waals surface area contributed by atoms with Crippen LogP contribution in [0.1, 0.15) is 30.3 Å². The number of pyridine rings is 1. The lowest BCUT2D eigenvalue weighted by Crippen LogP contribution is -2.49. The summed E-state index contributed by atoms with van der Waals surface area (Å²) in [6.45, 7) is 2.75. The van der Waals surface area contributed by atoms with E-state index in [9.17, 15) is 9.59 Å². The Morgan fingerprint density at radius 2 is 2.22 bits per heavy atom. The molecule has 2 aromatic heterocycles. The number of aromatic nitrogens is 2. The molecular formula is C16H20N4O2S. The van der Waals surface area contributed by atoms with Crippen molar-refractivity contribution in [2.75, 3.05) is 19.3 Å². The molecule has 0 radical (unpaired) electrons. The molecule has 3 heterocycles. The van der Waals surface area contributed by atoms with Gasteiger partial charge in [0.1, 0.15) is 0 Å². The van der Waals surface area contributed by atoms with Crippen molar-refractivity contribution in [3.05, 3.63) is 30.1 Å². The topological polar surface area (TPSA) is 66.7 Å². The molecule has 0 aromatic carbocycles. The van der Waals surface area contributed by atoms with E-state index in [1.807, 2.05) is 35.1 Å². The summed E-state index contributed by atoms with van der Waals surface area (Å²) in [6.07, 6.45) is 5.66. The van der Waals surface area contributed by atoms with Gasteiger partial charge in [-0.2, -0.15) is 0 Å². The summed E-state index contributed by atoms with van der Waals surface area (Å²) in [4.78, 5) is 30.5. The van der Waals surface area contributed by atoms with Crippen molar-refractivity contribution in [1.29, 1.82) is 0 Å². The molecule has 0 bridgehead atoms. The fraction of sp³-hybridized carbons (Fsp3) is 0.438. The molecule has 6 nitrogen and oxygen atoms in total. The van der Waals surface area contributed by atoms with Gasteiger partial charge in [0.25, 0.3) is 5.91 Å². The Bertz CT molecular complexity index is 743. The number of carbonyl (C=O) groups excluding carboxylic acids is 2. The number of nitrogens with one attached hydrogen (secondary N) is 1. The molecule has 1 saturated heterocycles. The standard InChI is InChI=1S/C16H20N4O2S/c1-11(21)17-12-6-5-8-19(10-12)15(22)14-13-7-3-4-9-20(13)16(18-14)23-2/h3-4,7,9,12H,5-6,8,10H2,1-2H3,(H,17,21). The molecule has 3 rings (SSSR count). The Balaban J connectivity index is 1.87. The van der Waals surface area contributed by atoms with Crippen molar-refractivity contribution < 1.29 is 9.59 Å². The zero-order valence-corrected chi connectivity index (χ0v) is 14.1. The summed E-state index contributed by atoms with van der Waals surface area (Å²) in [6, 6.07) is 5.78. The highest BCUT2D eigenvalue weighted by atomic mass is 32.2. The molecule has 1 fully saturated rings. The van der Waals surface area contributed by atoms with Crippen LogP contribution in [0, 0.1) is 0 Å². The van der Waals surface area contributed by atoms with Crippen LogP contribution in [0.4, 0.5) is 0 Å². The SMILES string of the molecule is CSc1nc(C(=O)N2CCCC(NC(C)=O)C2)c2ccccn12. The molecule has 0 spiro atoms. The van der Waals surface area contributed by atoms with Gasteiger partial charge in [-0.15, -0.1) is 0 Å². The lowest BCUT2D eigenvalue weighted by atomic mass is 10.1. The van der Waals surface area contributed by atoms with Gasteiger partial charge in [-0.25, -0.2) is 4.98 Å². The maximum atomic E-state index is 12.9. The Hall–Kier alpha value is -2.02. The second kappa shape index (κ2) is 6.62. The van der Waals surface area contributed by atoms with Crippen molar-refractivity contribution in [2.45, 2.75) is 31.0 Å². The highest BCUT2D eigenvalue weighted by molar-refractivity contribution is 7.98. The van der Waals surface area contributed by atoms with E-state index < -0.39 is 0 Å². The van der Waals surface area contributed by atoms with Crippen LogP contribution in [0.2, 0.25) is 0 Å². The van der Waals surface area contributed by atoms with E-state index in [4.69, 9.17) is 0 Å². The molecule has 122 valence electrons. The molecule has 23 heavy (non-hydrogen) atoms. The van der Waals surface area contributed by atoms with Crippen molar-refractivity contribution in [3.8, 4) is 0 Å². The van der Waals surface area contributed by atoms with Crippen molar-refractivity contribution in [1.82, 2.24) is 19.6 Å². The number of fused-ring (bicyclic) bond motifs is 1. The van der Waals surface area contributed by atoms with E-state index in [0.717, 1.165) is 23.5 Å². The largest absolute Gasteiger partial charge is 0.352 e. The molecule has 1 aliphatic heterocycles. The predicted octanol–water partition coefficient (Wildman–Crippen LogP) is 1.80. The van der Waals surface area contributed by atoms with E-state index in [2.05, 4.69) is 10.3 Å².